The van der Waals surface area contributed by atoms with E-state index in [-0.39, 0.29) is 18.6 Å². The molecule has 1 aliphatic heterocycles. The maximum absolute atomic E-state index is 12.0. The molecule has 0 spiro atoms. The number of hydrogen-bond donors (Lipinski definition) is 1. The summed E-state index contributed by atoms with van der Waals surface area (Å²) in [6, 6.07) is 16.3. The molecule has 1 heterocycles. The molecule has 1 fully saturated rings. The van der Waals surface area contributed by atoms with Crippen molar-refractivity contribution in [3.8, 4) is 0 Å². The van der Waals surface area contributed by atoms with Gasteiger partial charge < -0.3 is 10.0 Å². The van der Waals surface area contributed by atoms with E-state index in [0.29, 0.717) is 5.56 Å². The molecule has 0 bridgehead atoms. The average molecular weight is 395 g/mol. The van der Waals surface area contributed by atoms with Gasteiger partial charge >= 0.3 is 5.97 Å². The molecule has 0 amide bonds. The molecule has 5 heteroatoms. The number of rotatable bonds is 9. The van der Waals surface area contributed by atoms with Gasteiger partial charge in [-0.1, -0.05) is 36.4 Å². The fourth-order valence-corrected chi connectivity index (χ4v) is 3.78. The van der Waals surface area contributed by atoms with Crippen molar-refractivity contribution in [3.63, 3.8) is 0 Å². The summed E-state index contributed by atoms with van der Waals surface area (Å²) in [4.78, 5) is 27.5. The molecule has 3 rings (SSSR count). The summed E-state index contributed by atoms with van der Waals surface area (Å²) < 4.78 is 0. The van der Waals surface area contributed by atoms with E-state index in [9.17, 15) is 9.59 Å². The predicted molar refractivity (Wildman–Crippen MR) is 116 cm³/mol. The van der Waals surface area contributed by atoms with Crippen LogP contribution in [0.5, 0.6) is 0 Å². The van der Waals surface area contributed by atoms with Crippen LogP contribution in [0.15, 0.2) is 48.5 Å². The van der Waals surface area contributed by atoms with Crippen LogP contribution in [0.1, 0.15) is 40.7 Å². The Bertz CT molecular complexity index is 824. The van der Waals surface area contributed by atoms with E-state index in [0.717, 1.165) is 45.6 Å². The lowest BCUT2D eigenvalue weighted by molar-refractivity contribution is -0.136. The van der Waals surface area contributed by atoms with Crippen LogP contribution in [0.25, 0.3) is 0 Å². The van der Waals surface area contributed by atoms with Crippen LogP contribution >= 0.6 is 0 Å². The summed E-state index contributed by atoms with van der Waals surface area (Å²) in [7, 11) is 0. The fourth-order valence-electron chi connectivity index (χ4n) is 3.78. The van der Waals surface area contributed by atoms with Crippen molar-refractivity contribution in [2.75, 3.05) is 37.6 Å². The van der Waals surface area contributed by atoms with Gasteiger partial charge in [0, 0.05) is 43.9 Å². The number of carbonyl (C=O) groups is 2. The molecular formula is C24H30N2O3. The Kier molecular flexibility index (Phi) is 7.42. The SMILES string of the molecule is Cc1cccc(N2CCN(CCCc3ccc(C(=O)CCC(=O)O)cc3)CC2)c1. The van der Waals surface area contributed by atoms with Gasteiger partial charge in [0.25, 0.3) is 0 Å². The highest BCUT2D eigenvalue weighted by molar-refractivity contribution is 5.97. The number of carboxylic acids is 1. The molecule has 154 valence electrons. The van der Waals surface area contributed by atoms with Crippen molar-refractivity contribution in [2.45, 2.75) is 32.6 Å². The molecule has 0 atom stereocenters. The van der Waals surface area contributed by atoms with E-state index < -0.39 is 5.97 Å². The second-order valence-electron chi connectivity index (χ2n) is 7.79. The van der Waals surface area contributed by atoms with Crippen molar-refractivity contribution in [2.24, 2.45) is 0 Å². The Hall–Kier alpha value is -2.66. The van der Waals surface area contributed by atoms with E-state index in [2.05, 4.69) is 41.0 Å². The number of aliphatic carboxylic acids is 1. The van der Waals surface area contributed by atoms with E-state index in [4.69, 9.17) is 5.11 Å². The first kappa shape index (κ1) is 21.1. The minimum Gasteiger partial charge on any atom is -0.481 e. The quantitative estimate of drug-likeness (QED) is 0.656. The van der Waals surface area contributed by atoms with Gasteiger partial charge in [-0.05, 0) is 49.6 Å². The summed E-state index contributed by atoms with van der Waals surface area (Å²) in [5, 5.41) is 8.68. The molecule has 5 nitrogen and oxygen atoms in total. The van der Waals surface area contributed by atoms with Crippen LogP contribution in [0.3, 0.4) is 0 Å². The third-order valence-corrected chi connectivity index (χ3v) is 5.52. The molecule has 0 saturated carbocycles. The number of nitrogens with zero attached hydrogens (tertiary/aromatic N) is 2. The number of Topliss-reactive ketones (excluding diaryl/α,β-unsaturated/α-hetero) is 1. The predicted octanol–water partition coefficient (Wildman–Crippen LogP) is 3.80. The third kappa shape index (κ3) is 6.43. The third-order valence-electron chi connectivity index (χ3n) is 5.52. The molecule has 1 N–H and O–H groups in total. The molecule has 0 aliphatic carbocycles. The van der Waals surface area contributed by atoms with E-state index >= 15 is 0 Å². The topological polar surface area (TPSA) is 60.9 Å². The van der Waals surface area contributed by atoms with Crippen LogP contribution in [-0.2, 0) is 11.2 Å². The van der Waals surface area contributed by atoms with Crippen LogP contribution in [0, 0.1) is 6.92 Å². The van der Waals surface area contributed by atoms with Gasteiger partial charge in [0.2, 0.25) is 0 Å². The summed E-state index contributed by atoms with van der Waals surface area (Å²) in [6.07, 6.45) is 2.03. The number of benzene rings is 2. The molecule has 1 aliphatic rings. The molecule has 29 heavy (non-hydrogen) atoms. The average Bonchev–Trinajstić information content (AvgIpc) is 2.73. The lowest BCUT2D eigenvalue weighted by atomic mass is 10.0. The molecular weight excluding hydrogens is 364 g/mol. The number of carboxylic acid groups (broad SMARTS) is 1. The fraction of sp³-hybridized carbons (Fsp3) is 0.417. The lowest BCUT2D eigenvalue weighted by Crippen LogP contribution is -2.46. The van der Waals surface area contributed by atoms with E-state index in [1.165, 1.54) is 16.8 Å². The zero-order valence-corrected chi connectivity index (χ0v) is 17.1. The normalized spacial score (nSPS) is 14.7. The number of aryl methyl sites for hydroxylation is 2. The Morgan fingerprint density at radius 3 is 2.34 bits per heavy atom. The van der Waals surface area contributed by atoms with Crippen LogP contribution in [-0.4, -0.2) is 54.5 Å². The molecule has 2 aromatic carbocycles. The highest BCUT2D eigenvalue weighted by Crippen LogP contribution is 2.18. The number of carbonyl (C=O) groups excluding carboxylic acids is 1. The van der Waals surface area contributed by atoms with Gasteiger partial charge in [0.05, 0.1) is 6.42 Å². The van der Waals surface area contributed by atoms with Gasteiger partial charge in [0.15, 0.2) is 5.78 Å². The van der Waals surface area contributed by atoms with Gasteiger partial charge in [-0.25, -0.2) is 0 Å². The standard InChI is InChI=1S/C24H30N2O3/c1-19-4-2-6-22(18-19)26-16-14-25(15-17-26)13-3-5-20-7-9-21(10-8-20)23(27)11-12-24(28)29/h2,4,6-10,18H,3,5,11-17H2,1H3,(H,28,29). The van der Waals surface area contributed by atoms with Crippen molar-refractivity contribution in [1.29, 1.82) is 0 Å². The summed E-state index contributed by atoms with van der Waals surface area (Å²) >= 11 is 0. The monoisotopic (exact) mass is 394 g/mol. The minimum absolute atomic E-state index is 0.0587. The summed E-state index contributed by atoms with van der Waals surface area (Å²) in [6.45, 7) is 7.53. The summed E-state index contributed by atoms with van der Waals surface area (Å²) in [5.41, 5.74) is 4.45. The largest absolute Gasteiger partial charge is 0.481 e. The van der Waals surface area contributed by atoms with Gasteiger partial charge in [-0.2, -0.15) is 0 Å². The maximum atomic E-state index is 12.0. The number of anilines is 1. The Labute approximate surface area is 172 Å². The van der Waals surface area contributed by atoms with Crippen LogP contribution in [0.4, 0.5) is 5.69 Å². The lowest BCUT2D eigenvalue weighted by Gasteiger charge is -2.36. The van der Waals surface area contributed by atoms with Gasteiger partial charge in [0.1, 0.15) is 0 Å². The first-order valence-corrected chi connectivity index (χ1v) is 10.4. The minimum atomic E-state index is -0.935. The molecule has 0 aromatic heterocycles. The maximum Gasteiger partial charge on any atom is 0.303 e. The molecule has 0 radical (unpaired) electrons. The number of ketones is 1. The van der Waals surface area contributed by atoms with Crippen LogP contribution < -0.4 is 4.90 Å². The van der Waals surface area contributed by atoms with Crippen molar-refractivity contribution >= 4 is 17.4 Å². The van der Waals surface area contributed by atoms with E-state index in [1.807, 2.05) is 24.3 Å². The molecule has 0 unspecified atom stereocenters. The molecule has 2 aromatic rings. The highest BCUT2D eigenvalue weighted by atomic mass is 16.4. The number of hydrogen-bond acceptors (Lipinski definition) is 4. The summed E-state index contributed by atoms with van der Waals surface area (Å²) in [5.74, 6) is -1.04. The Morgan fingerprint density at radius 1 is 0.966 bits per heavy atom. The van der Waals surface area contributed by atoms with Crippen molar-refractivity contribution in [3.05, 3.63) is 65.2 Å². The Balaban J connectivity index is 1.38. The van der Waals surface area contributed by atoms with E-state index in [1.54, 1.807) is 0 Å². The van der Waals surface area contributed by atoms with Crippen molar-refractivity contribution in [1.82, 2.24) is 4.90 Å². The van der Waals surface area contributed by atoms with Gasteiger partial charge in [-0.3, -0.25) is 14.5 Å². The second-order valence-corrected chi connectivity index (χ2v) is 7.79. The highest BCUT2D eigenvalue weighted by Gasteiger charge is 2.17. The smallest absolute Gasteiger partial charge is 0.303 e. The van der Waals surface area contributed by atoms with Gasteiger partial charge in [-0.15, -0.1) is 0 Å². The second kappa shape index (κ2) is 10.2. The number of piperazine rings is 1. The van der Waals surface area contributed by atoms with Crippen LogP contribution in [0.2, 0.25) is 0 Å². The first-order chi connectivity index (χ1) is 14.0. The molecule has 1 saturated heterocycles. The van der Waals surface area contributed by atoms with Crippen molar-refractivity contribution < 1.29 is 14.7 Å². The zero-order valence-electron chi connectivity index (χ0n) is 17.1. The zero-order chi connectivity index (χ0) is 20.6. The first-order valence-electron chi connectivity index (χ1n) is 10.4. The Morgan fingerprint density at radius 2 is 1.69 bits per heavy atom.